The molecule has 5 nitrogen and oxygen atoms in total. The molecule has 0 radical (unpaired) electrons. The maximum Gasteiger partial charge on any atom is 0.338 e. The van der Waals surface area contributed by atoms with Crippen molar-refractivity contribution in [2.45, 2.75) is 12.3 Å². The number of benzene rings is 1. The Morgan fingerprint density at radius 2 is 2.18 bits per heavy atom. The second-order valence-corrected chi connectivity index (χ2v) is 4.49. The summed E-state index contributed by atoms with van der Waals surface area (Å²) in [6.45, 7) is 1.96. The summed E-state index contributed by atoms with van der Waals surface area (Å²) in [6.07, 6.45) is 0. The van der Waals surface area contributed by atoms with Gasteiger partial charge in [-0.15, -0.1) is 0 Å². The highest BCUT2D eigenvalue weighted by molar-refractivity contribution is 9.10. The predicted molar refractivity (Wildman–Crippen MR) is 69.4 cm³/mol. The summed E-state index contributed by atoms with van der Waals surface area (Å²) in [5.74, 6) is -0.488. The number of hydrogen-bond acceptors (Lipinski definition) is 4. The minimum Gasteiger partial charge on any atom is -0.462 e. The largest absolute Gasteiger partial charge is 0.462 e. The third-order valence-electron chi connectivity index (χ3n) is 2.01. The molecule has 0 N–H and O–H groups in total. The van der Waals surface area contributed by atoms with Crippen LogP contribution in [0, 0.1) is 10.1 Å². The monoisotopic (exact) mass is 365 g/mol. The number of alkyl halides is 1. The first-order valence-corrected chi connectivity index (χ1v) is 6.62. The normalized spacial score (nSPS) is 10.1. The lowest BCUT2D eigenvalue weighted by Gasteiger charge is -2.07. The standard InChI is InChI=1S/C10H9Br2NO4/c1-2-17-10(14)7-4-8(12)9(13(15)16)3-6(7)5-11/h3-4H,2,5H2,1H3. The van der Waals surface area contributed by atoms with Gasteiger partial charge >= 0.3 is 5.97 Å². The number of nitro groups is 1. The molecule has 0 aliphatic carbocycles. The van der Waals surface area contributed by atoms with Crippen LogP contribution in [0.3, 0.4) is 0 Å². The molecule has 1 aromatic carbocycles. The molecule has 0 saturated carbocycles. The molecule has 1 aromatic rings. The van der Waals surface area contributed by atoms with Gasteiger partial charge in [0.2, 0.25) is 0 Å². The van der Waals surface area contributed by atoms with Gasteiger partial charge in [0.05, 0.1) is 21.6 Å². The highest BCUT2D eigenvalue weighted by Crippen LogP contribution is 2.30. The van der Waals surface area contributed by atoms with Crippen molar-refractivity contribution in [2.75, 3.05) is 6.61 Å². The second kappa shape index (κ2) is 6.11. The first kappa shape index (κ1) is 14.1. The van der Waals surface area contributed by atoms with Crippen molar-refractivity contribution >= 4 is 43.5 Å². The molecule has 92 valence electrons. The Hall–Kier alpha value is -0.950. The van der Waals surface area contributed by atoms with Gasteiger partial charge in [-0.1, -0.05) is 15.9 Å². The number of nitro benzene ring substituents is 1. The lowest BCUT2D eigenvalue weighted by Crippen LogP contribution is -2.08. The zero-order chi connectivity index (χ0) is 13.0. The van der Waals surface area contributed by atoms with E-state index in [-0.39, 0.29) is 16.8 Å². The van der Waals surface area contributed by atoms with E-state index in [9.17, 15) is 14.9 Å². The van der Waals surface area contributed by atoms with E-state index >= 15 is 0 Å². The Kier molecular flexibility index (Phi) is 5.07. The molecular weight excluding hydrogens is 358 g/mol. The average molecular weight is 367 g/mol. The third kappa shape index (κ3) is 3.26. The Morgan fingerprint density at radius 3 is 2.65 bits per heavy atom. The molecule has 0 amide bonds. The van der Waals surface area contributed by atoms with Gasteiger partial charge in [0.1, 0.15) is 0 Å². The number of hydrogen-bond donors (Lipinski definition) is 0. The number of carbonyl (C=O) groups excluding carboxylic acids is 1. The maximum absolute atomic E-state index is 11.6. The lowest BCUT2D eigenvalue weighted by molar-refractivity contribution is -0.385. The molecule has 0 unspecified atom stereocenters. The van der Waals surface area contributed by atoms with E-state index in [1.54, 1.807) is 6.92 Å². The highest BCUT2D eigenvalue weighted by atomic mass is 79.9. The van der Waals surface area contributed by atoms with Gasteiger partial charge < -0.3 is 4.74 Å². The van der Waals surface area contributed by atoms with E-state index in [1.165, 1.54) is 12.1 Å². The van der Waals surface area contributed by atoms with Crippen molar-refractivity contribution in [3.8, 4) is 0 Å². The van der Waals surface area contributed by atoms with Crippen molar-refractivity contribution in [2.24, 2.45) is 0 Å². The summed E-state index contributed by atoms with van der Waals surface area (Å²) in [5, 5.41) is 11.1. The zero-order valence-corrected chi connectivity index (χ0v) is 12.1. The Balaban J connectivity index is 3.28. The number of nitrogens with zero attached hydrogens (tertiary/aromatic N) is 1. The summed E-state index contributed by atoms with van der Waals surface area (Å²) >= 11 is 6.26. The minimum atomic E-state index is -0.509. The molecular formula is C10H9Br2NO4. The van der Waals surface area contributed by atoms with Crippen LogP contribution in [0.4, 0.5) is 5.69 Å². The van der Waals surface area contributed by atoms with Crippen LogP contribution in [0.5, 0.6) is 0 Å². The summed E-state index contributed by atoms with van der Waals surface area (Å²) in [5.41, 5.74) is 0.770. The molecule has 0 aliphatic heterocycles. The quantitative estimate of drug-likeness (QED) is 0.354. The molecule has 7 heteroatoms. The van der Waals surface area contributed by atoms with E-state index < -0.39 is 10.9 Å². The molecule has 1 rings (SSSR count). The van der Waals surface area contributed by atoms with Crippen LogP contribution in [0.2, 0.25) is 0 Å². The van der Waals surface area contributed by atoms with Crippen LogP contribution in [-0.4, -0.2) is 17.5 Å². The molecule has 17 heavy (non-hydrogen) atoms. The summed E-state index contributed by atoms with van der Waals surface area (Å²) in [7, 11) is 0. The van der Waals surface area contributed by atoms with E-state index in [2.05, 4.69) is 31.9 Å². The van der Waals surface area contributed by atoms with Crippen LogP contribution in [0.25, 0.3) is 0 Å². The second-order valence-electron chi connectivity index (χ2n) is 3.07. The molecule has 0 atom stereocenters. The van der Waals surface area contributed by atoms with Gasteiger partial charge in [-0.2, -0.15) is 0 Å². The number of halogens is 2. The molecule has 0 spiro atoms. The van der Waals surface area contributed by atoms with E-state index in [0.717, 1.165) is 0 Å². The van der Waals surface area contributed by atoms with Gasteiger partial charge in [-0.3, -0.25) is 10.1 Å². The fourth-order valence-corrected chi connectivity index (χ4v) is 2.21. The Labute approximate surface area is 115 Å². The van der Waals surface area contributed by atoms with E-state index in [0.29, 0.717) is 16.5 Å². The van der Waals surface area contributed by atoms with Crippen LogP contribution in [0.1, 0.15) is 22.8 Å². The number of carbonyl (C=O) groups is 1. The molecule has 0 aromatic heterocycles. The third-order valence-corrected chi connectivity index (χ3v) is 3.25. The summed E-state index contributed by atoms with van der Waals surface area (Å²) in [6, 6.07) is 2.76. The zero-order valence-electron chi connectivity index (χ0n) is 8.91. The van der Waals surface area contributed by atoms with E-state index in [4.69, 9.17) is 4.74 Å². The molecule has 0 saturated heterocycles. The first-order chi connectivity index (χ1) is 8.01. The van der Waals surface area contributed by atoms with Gasteiger partial charge in [-0.25, -0.2) is 4.79 Å². The Bertz CT molecular complexity index is 462. The average Bonchev–Trinajstić information content (AvgIpc) is 2.28. The fraction of sp³-hybridized carbons (Fsp3) is 0.300. The van der Waals surface area contributed by atoms with Crippen LogP contribution < -0.4 is 0 Å². The number of esters is 1. The van der Waals surface area contributed by atoms with E-state index in [1.807, 2.05) is 0 Å². The molecule has 0 bridgehead atoms. The van der Waals surface area contributed by atoms with Crippen molar-refractivity contribution < 1.29 is 14.5 Å². The van der Waals surface area contributed by atoms with Crippen molar-refractivity contribution in [1.82, 2.24) is 0 Å². The number of rotatable bonds is 4. The van der Waals surface area contributed by atoms with Crippen LogP contribution >= 0.6 is 31.9 Å². The highest BCUT2D eigenvalue weighted by Gasteiger charge is 2.20. The topological polar surface area (TPSA) is 69.4 Å². The van der Waals surface area contributed by atoms with Crippen LogP contribution in [0.15, 0.2) is 16.6 Å². The maximum atomic E-state index is 11.6. The van der Waals surface area contributed by atoms with Gasteiger partial charge in [0.25, 0.3) is 5.69 Å². The molecule has 0 aliphatic rings. The SMILES string of the molecule is CCOC(=O)c1cc(Br)c([N+](=O)[O-])cc1CBr. The van der Waals surface area contributed by atoms with Gasteiger partial charge in [0, 0.05) is 11.4 Å². The minimum absolute atomic E-state index is 0.0764. The smallest absolute Gasteiger partial charge is 0.338 e. The molecule has 0 heterocycles. The van der Waals surface area contributed by atoms with Crippen LogP contribution in [-0.2, 0) is 10.1 Å². The van der Waals surface area contributed by atoms with Gasteiger partial charge in [-0.05, 0) is 34.5 Å². The summed E-state index contributed by atoms with van der Waals surface area (Å²) < 4.78 is 5.13. The summed E-state index contributed by atoms with van der Waals surface area (Å²) in [4.78, 5) is 21.9. The number of ether oxygens (including phenoxy) is 1. The first-order valence-electron chi connectivity index (χ1n) is 4.71. The Morgan fingerprint density at radius 1 is 1.53 bits per heavy atom. The lowest BCUT2D eigenvalue weighted by atomic mass is 10.1. The van der Waals surface area contributed by atoms with Crippen molar-refractivity contribution in [3.63, 3.8) is 0 Å². The van der Waals surface area contributed by atoms with Crippen molar-refractivity contribution in [3.05, 3.63) is 37.8 Å². The van der Waals surface area contributed by atoms with Crippen molar-refractivity contribution in [1.29, 1.82) is 0 Å². The fourth-order valence-electron chi connectivity index (χ4n) is 1.25. The van der Waals surface area contributed by atoms with Gasteiger partial charge in [0.15, 0.2) is 0 Å². The molecule has 0 fully saturated rings. The predicted octanol–water partition coefficient (Wildman–Crippen LogP) is 3.43.